The van der Waals surface area contributed by atoms with Gasteiger partial charge in [0.2, 0.25) is 5.91 Å². The molecule has 1 aliphatic carbocycles. The van der Waals surface area contributed by atoms with Crippen molar-refractivity contribution < 1.29 is 9.59 Å². The van der Waals surface area contributed by atoms with Crippen LogP contribution in [0, 0.1) is 0 Å². The normalized spacial score (nSPS) is 16.4. The van der Waals surface area contributed by atoms with E-state index in [1.807, 2.05) is 30.3 Å². The van der Waals surface area contributed by atoms with Gasteiger partial charge in [0, 0.05) is 52.8 Å². The van der Waals surface area contributed by atoms with E-state index in [0.29, 0.717) is 46.4 Å². The average molecular weight is 522 g/mol. The molecule has 0 bridgehead atoms. The van der Waals surface area contributed by atoms with Gasteiger partial charge in [-0.05, 0) is 43.2 Å². The van der Waals surface area contributed by atoms with Crippen LogP contribution in [0.1, 0.15) is 23.2 Å². The van der Waals surface area contributed by atoms with E-state index in [9.17, 15) is 9.59 Å². The number of halogens is 2. The molecule has 0 radical (unpaired) electrons. The minimum atomic E-state index is -0.251. The van der Waals surface area contributed by atoms with Crippen LogP contribution in [0.25, 0.3) is 10.9 Å². The highest BCUT2D eigenvalue weighted by Gasteiger charge is 2.24. The molecule has 3 aromatic rings. The van der Waals surface area contributed by atoms with E-state index in [0.717, 1.165) is 36.2 Å². The number of benzene rings is 2. The Labute approximate surface area is 219 Å². The number of piperazine rings is 1. The number of Topliss-reactive ketones (excluding diaryl/α,β-unsaturated/α-hetero) is 1. The number of hydrogen-bond donors (Lipinski definition) is 1. The van der Waals surface area contributed by atoms with Crippen molar-refractivity contribution in [2.45, 2.75) is 12.8 Å². The van der Waals surface area contributed by atoms with Crippen molar-refractivity contribution in [2.75, 3.05) is 42.9 Å². The van der Waals surface area contributed by atoms with Crippen molar-refractivity contribution in [3.63, 3.8) is 0 Å². The molecule has 1 fully saturated rings. The molecular formula is C27H25Cl2N5O2. The predicted octanol–water partition coefficient (Wildman–Crippen LogP) is 5.07. The minimum Gasteiger partial charge on any atom is -0.353 e. The van der Waals surface area contributed by atoms with E-state index >= 15 is 0 Å². The Morgan fingerprint density at radius 1 is 1.00 bits per heavy atom. The van der Waals surface area contributed by atoms with Crippen molar-refractivity contribution in [1.82, 2.24) is 14.9 Å². The highest BCUT2D eigenvalue weighted by molar-refractivity contribution is 6.34. The summed E-state index contributed by atoms with van der Waals surface area (Å²) in [4.78, 5) is 39.3. The molecule has 2 aromatic carbocycles. The van der Waals surface area contributed by atoms with E-state index in [1.165, 1.54) is 0 Å². The van der Waals surface area contributed by atoms with Crippen LogP contribution in [0.3, 0.4) is 0 Å². The van der Waals surface area contributed by atoms with Crippen LogP contribution in [0.5, 0.6) is 0 Å². The molecule has 184 valence electrons. The van der Waals surface area contributed by atoms with E-state index in [4.69, 9.17) is 23.2 Å². The Kier molecular flexibility index (Phi) is 7.32. The third kappa shape index (κ3) is 5.28. The number of carbonyl (C=O) groups is 2. The first kappa shape index (κ1) is 24.4. The fourth-order valence-electron chi connectivity index (χ4n) is 4.55. The standard InChI is InChI=1S/C27H25Cl2N5O2/c28-18-9-10-24(21(15-18)26(36)19-5-1-3-7-22(19)29)32-25(35)16-33-11-13-34(14-12-33)27-20-6-2-4-8-23(20)30-17-31-27/h1-2,4-6,8-10,15,17H,3,7,11-14,16H2,(H,32,35). The molecule has 0 saturated carbocycles. The van der Waals surface area contributed by atoms with Gasteiger partial charge in [-0.15, -0.1) is 0 Å². The van der Waals surface area contributed by atoms with Gasteiger partial charge in [-0.25, -0.2) is 9.97 Å². The van der Waals surface area contributed by atoms with Gasteiger partial charge in [-0.2, -0.15) is 0 Å². The first-order chi connectivity index (χ1) is 17.5. The van der Waals surface area contributed by atoms with Crippen LogP contribution < -0.4 is 10.2 Å². The molecule has 7 nitrogen and oxygen atoms in total. The molecule has 0 unspecified atom stereocenters. The fraction of sp³-hybridized carbons (Fsp3) is 0.259. The lowest BCUT2D eigenvalue weighted by Crippen LogP contribution is -2.49. The van der Waals surface area contributed by atoms with Gasteiger partial charge >= 0.3 is 0 Å². The molecule has 1 N–H and O–H groups in total. The maximum atomic E-state index is 13.2. The maximum absolute atomic E-state index is 13.2. The van der Waals surface area contributed by atoms with E-state index in [-0.39, 0.29) is 18.2 Å². The number of rotatable bonds is 6. The second kappa shape index (κ2) is 10.8. The number of fused-ring (bicyclic) bond motifs is 1. The Balaban J connectivity index is 1.23. The minimum absolute atomic E-state index is 0.188. The van der Waals surface area contributed by atoms with Gasteiger partial charge in [-0.3, -0.25) is 14.5 Å². The Bertz CT molecular complexity index is 1370. The topological polar surface area (TPSA) is 78.4 Å². The SMILES string of the molecule is O=C(CN1CCN(c2ncnc3ccccc23)CC1)Nc1ccc(Cl)cc1C(=O)C1=C(Cl)CCC=C1. The summed E-state index contributed by atoms with van der Waals surface area (Å²) in [6.45, 7) is 3.14. The molecule has 9 heteroatoms. The van der Waals surface area contributed by atoms with Gasteiger partial charge in [0.25, 0.3) is 0 Å². The van der Waals surface area contributed by atoms with Crippen LogP contribution in [0.4, 0.5) is 11.5 Å². The van der Waals surface area contributed by atoms with Gasteiger partial charge in [0.05, 0.1) is 17.7 Å². The lowest BCUT2D eigenvalue weighted by atomic mass is 9.97. The highest BCUT2D eigenvalue weighted by atomic mass is 35.5. The van der Waals surface area contributed by atoms with E-state index in [2.05, 4.69) is 25.1 Å². The fourth-order valence-corrected chi connectivity index (χ4v) is 4.98. The number of para-hydroxylation sites is 1. The molecule has 2 heterocycles. The number of carbonyl (C=O) groups excluding carboxylic acids is 2. The van der Waals surface area contributed by atoms with E-state index < -0.39 is 0 Å². The Morgan fingerprint density at radius 2 is 1.81 bits per heavy atom. The van der Waals surface area contributed by atoms with Gasteiger partial charge < -0.3 is 10.2 Å². The zero-order valence-corrected chi connectivity index (χ0v) is 21.1. The zero-order chi connectivity index (χ0) is 25.1. The quantitative estimate of drug-likeness (QED) is 0.456. The Hall–Kier alpha value is -3.26. The van der Waals surface area contributed by atoms with Crippen molar-refractivity contribution in [3.05, 3.63) is 82.1 Å². The highest BCUT2D eigenvalue weighted by Crippen LogP contribution is 2.30. The second-order valence-electron chi connectivity index (χ2n) is 8.80. The number of ketones is 1. The first-order valence-electron chi connectivity index (χ1n) is 11.9. The summed E-state index contributed by atoms with van der Waals surface area (Å²) >= 11 is 12.5. The van der Waals surface area contributed by atoms with Crippen molar-refractivity contribution in [3.8, 4) is 0 Å². The number of hydrogen-bond acceptors (Lipinski definition) is 6. The lowest BCUT2D eigenvalue weighted by molar-refractivity contribution is -0.117. The Morgan fingerprint density at radius 3 is 2.61 bits per heavy atom. The van der Waals surface area contributed by atoms with Gasteiger partial charge in [0.1, 0.15) is 12.1 Å². The van der Waals surface area contributed by atoms with Crippen molar-refractivity contribution in [1.29, 1.82) is 0 Å². The first-order valence-corrected chi connectivity index (χ1v) is 12.6. The third-order valence-corrected chi connectivity index (χ3v) is 7.04. The van der Waals surface area contributed by atoms with Crippen LogP contribution in [0.2, 0.25) is 5.02 Å². The smallest absolute Gasteiger partial charge is 0.238 e. The van der Waals surface area contributed by atoms with Gasteiger partial charge in [-0.1, -0.05) is 47.5 Å². The lowest BCUT2D eigenvalue weighted by Gasteiger charge is -2.35. The summed E-state index contributed by atoms with van der Waals surface area (Å²) in [7, 11) is 0. The summed E-state index contributed by atoms with van der Waals surface area (Å²) in [6.07, 6.45) is 6.68. The number of aromatic nitrogens is 2. The van der Waals surface area contributed by atoms with Crippen LogP contribution in [0.15, 0.2) is 71.5 Å². The molecular weight excluding hydrogens is 497 g/mol. The summed E-state index contributed by atoms with van der Waals surface area (Å²) in [5.74, 6) is 0.477. The van der Waals surface area contributed by atoms with E-state index in [1.54, 1.807) is 30.6 Å². The second-order valence-corrected chi connectivity index (χ2v) is 9.70. The summed E-state index contributed by atoms with van der Waals surface area (Å²) in [5.41, 5.74) is 2.11. The van der Waals surface area contributed by atoms with Gasteiger partial charge in [0.15, 0.2) is 5.78 Å². The number of nitrogens with zero attached hydrogens (tertiary/aromatic N) is 4. The summed E-state index contributed by atoms with van der Waals surface area (Å²) in [6, 6.07) is 12.9. The number of amides is 1. The molecule has 36 heavy (non-hydrogen) atoms. The average Bonchev–Trinajstić information content (AvgIpc) is 2.90. The maximum Gasteiger partial charge on any atom is 0.238 e. The molecule has 2 aliphatic rings. The predicted molar refractivity (Wildman–Crippen MR) is 144 cm³/mol. The van der Waals surface area contributed by atoms with Crippen LogP contribution in [-0.4, -0.2) is 59.3 Å². The summed E-state index contributed by atoms with van der Waals surface area (Å²) in [5, 5.41) is 4.87. The third-order valence-electron chi connectivity index (χ3n) is 6.41. The number of allylic oxidation sites excluding steroid dienone is 4. The molecule has 1 aliphatic heterocycles. The summed E-state index contributed by atoms with van der Waals surface area (Å²) < 4.78 is 0. The molecule has 0 atom stereocenters. The number of nitrogens with one attached hydrogen (secondary N) is 1. The molecule has 1 amide bonds. The molecule has 1 aromatic heterocycles. The van der Waals surface area contributed by atoms with Crippen molar-refractivity contribution in [2.24, 2.45) is 0 Å². The monoisotopic (exact) mass is 521 g/mol. The number of anilines is 2. The van der Waals surface area contributed by atoms with Crippen LogP contribution in [-0.2, 0) is 4.79 Å². The molecule has 5 rings (SSSR count). The zero-order valence-electron chi connectivity index (χ0n) is 19.6. The molecule has 0 spiro atoms. The largest absolute Gasteiger partial charge is 0.353 e. The van der Waals surface area contributed by atoms with Crippen molar-refractivity contribution >= 4 is 57.3 Å². The molecule has 1 saturated heterocycles. The van der Waals surface area contributed by atoms with Crippen LogP contribution >= 0.6 is 23.2 Å².